The van der Waals surface area contributed by atoms with Gasteiger partial charge >= 0.3 is 0 Å². The second-order valence-electron chi connectivity index (χ2n) is 5.75. The minimum absolute atomic E-state index is 0.0758. The number of fused-ring (bicyclic) bond motifs is 1. The van der Waals surface area contributed by atoms with Crippen LogP contribution in [0.1, 0.15) is 0 Å². The fourth-order valence-corrected chi connectivity index (χ4v) is 3.58. The first-order valence-corrected chi connectivity index (χ1v) is 9.31. The molecule has 0 atom stereocenters. The van der Waals surface area contributed by atoms with Crippen LogP contribution in [0.3, 0.4) is 0 Å². The van der Waals surface area contributed by atoms with Gasteiger partial charge in [-0.25, -0.2) is 0 Å². The van der Waals surface area contributed by atoms with E-state index in [4.69, 9.17) is 21.7 Å². The molecule has 1 amide bonds. The van der Waals surface area contributed by atoms with Crippen LogP contribution in [0.5, 0.6) is 11.5 Å². The molecule has 0 spiro atoms. The molecule has 2 aliphatic rings. The van der Waals surface area contributed by atoms with E-state index in [9.17, 15) is 4.79 Å². The minimum atomic E-state index is -0.0758. The Morgan fingerprint density at radius 2 is 1.92 bits per heavy atom. The summed E-state index contributed by atoms with van der Waals surface area (Å²) < 4.78 is 11.8. The van der Waals surface area contributed by atoms with E-state index in [1.54, 1.807) is 6.07 Å². The predicted molar refractivity (Wildman–Crippen MR) is 100 cm³/mol. The second-order valence-corrected chi connectivity index (χ2v) is 7.36. The highest BCUT2D eigenvalue weighted by Crippen LogP contribution is 2.32. The van der Waals surface area contributed by atoms with Gasteiger partial charge in [0.15, 0.2) is 11.5 Å². The molecule has 2 aliphatic heterocycles. The molecule has 2 heterocycles. The van der Waals surface area contributed by atoms with Crippen LogP contribution in [0, 0.1) is 0 Å². The number of carbonyl (C=O) groups is 1. The third-order valence-corrected chi connectivity index (χ3v) is 5.44. The van der Waals surface area contributed by atoms with Crippen LogP contribution in [0.2, 0.25) is 0 Å². The van der Waals surface area contributed by atoms with E-state index in [0.717, 1.165) is 30.5 Å². The van der Waals surface area contributed by atoms with Crippen LogP contribution >= 0.6 is 24.0 Å². The van der Waals surface area contributed by atoms with Gasteiger partial charge in [0.1, 0.15) is 17.5 Å². The molecule has 3 rings (SSSR count). The SMILES string of the molecule is CN1CCN(C(=S)SCC(=O)Nc2ccc3c(c2)OCCO3)CC1. The molecule has 0 saturated carbocycles. The number of nitrogens with one attached hydrogen (secondary N) is 1. The van der Waals surface area contributed by atoms with E-state index >= 15 is 0 Å². The van der Waals surface area contributed by atoms with Crippen molar-refractivity contribution in [3.63, 3.8) is 0 Å². The van der Waals surface area contributed by atoms with Gasteiger partial charge in [-0.1, -0.05) is 24.0 Å². The molecule has 6 nitrogen and oxygen atoms in total. The van der Waals surface area contributed by atoms with Crippen LogP contribution in [-0.4, -0.2) is 72.2 Å². The van der Waals surface area contributed by atoms with Gasteiger partial charge in [-0.2, -0.15) is 0 Å². The summed E-state index contributed by atoms with van der Waals surface area (Å²) >= 11 is 6.84. The van der Waals surface area contributed by atoms with Crippen molar-refractivity contribution in [2.45, 2.75) is 0 Å². The Morgan fingerprint density at radius 1 is 1.21 bits per heavy atom. The van der Waals surface area contributed by atoms with Crippen molar-refractivity contribution in [1.82, 2.24) is 9.80 Å². The fourth-order valence-electron chi connectivity index (χ4n) is 2.53. The van der Waals surface area contributed by atoms with E-state index in [1.807, 2.05) is 12.1 Å². The highest BCUT2D eigenvalue weighted by atomic mass is 32.2. The third kappa shape index (κ3) is 4.52. The lowest BCUT2D eigenvalue weighted by molar-refractivity contribution is -0.113. The monoisotopic (exact) mass is 367 g/mol. The van der Waals surface area contributed by atoms with Crippen molar-refractivity contribution >= 4 is 39.9 Å². The van der Waals surface area contributed by atoms with Crippen molar-refractivity contribution in [1.29, 1.82) is 0 Å². The Kier molecular flexibility index (Phi) is 5.80. The first-order valence-electron chi connectivity index (χ1n) is 7.91. The van der Waals surface area contributed by atoms with Crippen molar-refractivity contribution < 1.29 is 14.3 Å². The number of hydrogen-bond acceptors (Lipinski definition) is 6. The quantitative estimate of drug-likeness (QED) is 0.816. The number of carbonyl (C=O) groups excluding carboxylic acids is 1. The predicted octanol–water partition coefficient (Wildman–Crippen LogP) is 1.66. The Labute approximate surface area is 151 Å². The molecule has 1 saturated heterocycles. The number of anilines is 1. The largest absolute Gasteiger partial charge is 0.486 e. The number of hydrogen-bond donors (Lipinski definition) is 1. The summed E-state index contributed by atoms with van der Waals surface area (Å²) in [5.41, 5.74) is 0.704. The Bertz CT molecular complexity index is 619. The number of amides is 1. The summed E-state index contributed by atoms with van der Waals surface area (Å²) in [5, 5.41) is 2.88. The lowest BCUT2D eigenvalue weighted by Crippen LogP contribution is -2.46. The summed E-state index contributed by atoms with van der Waals surface area (Å²) in [6.07, 6.45) is 0. The molecule has 1 N–H and O–H groups in total. The van der Waals surface area contributed by atoms with Gasteiger partial charge in [0.25, 0.3) is 0 Å². The number of piperazine rings is 1. The summed E-state index contributed by atoms with van der Waals surface area (Å²) in [5.74, 6) is 1.61. The topological polar surface area (TPSA) is 54.0 Å². The Balaban J connectivity index is 1.46. The van der Waals surface area contributed by atoms with Gasteiger partial charge in [0, 0.05) is 37.9 Å². The molecule has 0 unspecified atom stereocenters. The maximum absolute atomic E-state index is 12.1. The van der Waals surface area contributed by atoms with Crippen LogP contribution in [0.15, 0.2) is 18.2 Å². The zero-order chi connectivity index (χ0) is 16.9. The van der Waals surface area contributed by atoms with E-state index in [-0.39, 0.29) is 5.91 Å². The molecular weight excluding hydrogens is 346 g/mol. The average molecular weight is 367 g/mol. The van der Waals surface area contributed by atoms with E-state index in [2.05, 4.69) is 22.2 Å². The van der Waals surface area contributed by atoms with Crippen LogP contribution in [0.25, 0.3) is 0 Å². The summed E-state index contributed by atoms with van der Waals surface area (Å²) in [6.45, 7) is 4.94. The lowest BCUT2D eigenvalue weighted by atomic mass is 10.2. The maximum atomic E-state index is 12.1. The number of rotatable bonds is 3. The van der Waals surface area contributed by atoms with Crippen LogP contribution in [0.4, 0.5) is 5.69 Å². The standard InChI is InChI=1S/C16H21N3O3S2/c1-18-4-6-19(7-5-18)16(23)24-11-15(20)17-12-2-3-13-14(10-12)22-9-8-21-13/h2-3,10H,4-9,11H2,1H3,(H,17,20). The number of thioether (sulfide) groups is 1. The number of ether oxygens (including phenoxy) is 2. The van der Waals surface area contributed by atoms with Gasteiger partial charge < -0.3 is 24.6 Å². The number of likely N-dealkylation sites (N-methyl/N-ethyl adjacent to an activating group) is 1. The Hall–Kier alpha value is -1.51. The van der Waals surface area contributed by atoms with E-state index in [0.29, 0.717) is 36.2 Å². The zero-order valence-corrected chi connectivity index (χ0v) is 15.3. The summed E-state index contributed by atoms with van der Waals surface area (Å²) in [7, 11) is 2.11. The normalized spacial score (nSPS) is 17.5. The van der Waals surface area contributed by atoms with Crippen molar-refractivity contribution in [2.24, 2.45) is 0 Å². The van der Waals surface area contributed by atoms with Crippen LogP contribution < -0.4 is 14.8 Å². The number of thiocarbonyl (C=S) groups is 1. The van der Waals surface area contributed by atoms with E-state index < -0.39 is 0 Å². The number of benzene rings is 1. The van der Waals surface area contributed by atoms with Gasteiger partial charge in [0.2, 0.25) is 5.91 Å². The Morgan fingerprint density at radius 3 is 2.67 bits per heavy atom. The smallest absolute Gasteiger partial charge is 0.234 e. The highest BCUT2D eigenvalue weighted by Gasteiger charge is 2.18. The molecular formula is C16H21N3O3S2. The zero-order valence-electron chi connectivity index (χ0n) is 13.6. The minimum Gasteiger partial charge on any atom is -0.486 e. The molecule has 1 fully saturated rings. The van der Waals surface area contributed by atoms with Gasteiger partial charge in [0.05, 0.1) is 5.75 Å². The maximum Gasteiger partial charge on any atom is 0.234 e. The number of nitrogens with zero attached hydrogens (tertiary/aromatic N) is 2. The highest BCUT2D eigenvalue weighted by molar-refractivity contribution is 8.23. The lowest BCUT2D eigenvalue weighted by Gasteiger charge is -2.33. The summed E-state index contributed by atoms with van der Waals surface area (Å²) in [4.78, 5) is 16.6. The molecule has 1 aromatic rings. The fraction of sp³-hybridized carbons (Fsp3) is 0.500. The van der Waals surface area contributed by atoms with Crippen molar-refractivity contribution in [2.75, 3.05) is 57.5 Å². The second kappa shape index (κ2) is 8.04. The molecule has 24 heavy (non-hydrogen) atoms. The first kappa shape index (κ1) is 17.3. The van der Waals surface area contributed by atoms with Crippen molar-refractivity contribution in [3.05, 3.63) is 18.2 Å². The van der Waals surface area contributed by atoms with Gasteiger partial charge in [-0.05, 0) is 19.2 Å². The molecule has 0 radical (unpaired) electrons. The average Bonchev–Trinajstić information content (AvgIpc) is 2.60. The van der Waals surface area contributed by atoms with Gasteiger partial charge in [-0.15, -0.1) is 0 Å². The molecule has 130 valence electrons. The molecule has 8 heteroatoms. The molecule has 0 aromatic heterocycles. The van der Waals surface area contributed by atoms with E-state index in [1.165, 1.54) is 11.8 Å². The molecule has 1 aromatic carbocycles. The third-order valence-electron chi connectivity index (χ3n) is 3.91. The first-order chi connectivity index (χ1) is 11.6. The van der Waals surface area contributed by atoms with Gasteiger partial charge in [-0.3, -0.25) is 4.79 Å². The summed E-state index contributed by atoms with van der Waals surface area (Å²) in [6, 6.07) is 5.41. The van der Waals surface area contributed by atoms with Crippen molar-refractivity contribution in [3.8, 4) is 11.5 Å². The molecule has 0 aliphatic carbocycles. The molecule has 0 bridgehead atoms. The van der Waals surface area contributed by atoms with Crippen LogP contribution in [-0.2, 0) is 4.79 Å².